The van der Waals surface area contributed by atoms with Crippen LogP contribution in [0.1, 0.15) is 11.1 Å². The number of aromatic hydroxyl groups is 1. The highest BCUT2D eigenvalue weighted by atomic mass is 32.1. The molecule has 0 heterocycles. The van der Waals surface area contributed by atoms with E-state index in [1.165, 1.54) is 7.11 Å². The quantitative estimate of drug-likeness (QED) is 0.460. The van der Waals surface area contributed by atoms with E-state index in [0.29, 0.717) is 10.9 Å². The molecule has 0 aliphatic carbocycles. The van der Waals surface area contributed by atoms with Gasteiger partial charge in [-0.25, -0.2) is 0 Å². The predicted octanol–water partition coefficient (Wildman–Crippen LogP) is 3.03. The van der Waals surface area contributed by atoms with Gasteiger partial charge in [0.25, 0.3) is 0 Å². The second kappa shape index (κ2) is 7.42. The summed E-state index contributed by atoms with van der Waals surface area (Å²) in [5.74, 6) is 0.480. The topological polar surface area (TPSA) is 65.9 Å². The van der Waals surface area contributed by atoms with Gasteiger partial charge >= 0.3 is 0 Å². The first kappa shape index (κ1) is 15.8. The standard InChI is InChI=1S/C16H17N3O2S/c1-11-4-3-5-13(8-11)18-16(22)19-17-10-12-6-7-14(20)15(9-12)21-2/h3-10,20H,1-2H3,(H2,18,19,22)/b17-10-. The Bertz CT molecular complexity index is 702. The number of phenols is 1. The highest BCUT2D eigenvalue weighted by Gasteiger charge is 2.01. The molecule has 0 aromatic heterocycles. The molecule has 0 fully saturated rings. The number of hydrogen-bond donors (Lipinski definition) is 3. The average Bonchev–Trinajstić information content (AvgIpc) is 2.49. The molecule has 0 atom stereocenters. The van der Waals surface area contributed by atoms with Crippen molar-refractivity contribution in [3.63, 3.8) is 0 Å². The Hall–Kier alpha value is -2.60. The van der Waals surface area contributed by atoms with Gasteiger partial charge in [-0.3, -0.25) is 5.43 Å². The van der Waals surface area contributed by atoms with Gasteiger partial charge in [0.1, 0.15) is 0 Å². The van der Waals surface area contributed by atoms with Crippen molar-refractivity contribution in [2.24, 2.45) is 5.10 Å². The molecule has 5 nitrogen and oxygen atoms in total. The molecular formula is C16H17N3O2S. The van der Waals surface area contributed by atoms with Crippen LogP contribution in [0.3, 0.4) is 0 Å². The summed E-state index contributed by atoms with van der Waals surface area (Å²) in [6.45, 7) is 2.01. The fraction of sp³-hybridized carbons (Fsp3) is 0.125. The van der Waals surface area contributed by atoms with Crippen molar-refractivity contribution >= 4 is 29.2 Å². The number of anilines is 1. The number of aryl methyl sites for hydroxylation is 1. The average molecular weight is 315 g/mol. The maximum absolute atomic E-state index is 9.52. The molecule has 0 bridgehead atoms. The first-order valence-electron chi connectivity index (χ1n) is 6.62. The number of hydrazone groups is 1. The lowest BCUT2D eigenvalue weighted by Crippen LogP contribution is -2.23. The minimum atomic E-state index is 0.0873. The van der Waals surface area contributed by atoms with Gasteiger partial charge in [-0.05, 0) is 60.6 Å². The van der Waals surface area contributed by atoms with Gasteiger partial charge in [0.05, 0.1) is 13.3 Å². The number of benzene rings is 2. The van der Waals surface area contributed by atoms with Crippen molar-refractivity contribution in [2.45, 2.75) is 6.92 Å². The molecule has 2 aromatic carbocycles. The van der Waals surface area contributed by atoms with Gasteiger partial charge in [0.2, 0.25) is 0 Å². The Labute approximate surface area is 134 Å². The highest BCUT2D eigenvalue weighted by molar-refractivity contribution is 7.80. The predicted molar refractivity (Wildman–Crippen MR) is 92.8 cm³/mol. The second-order valence-corrected chi connectivity index (χ2v) is 5.03. The zero-order valence-electron chi connectivity index (χ0n) is 12.3. The fourth-order valence-electron chi connectivity index (χ4n) is 1.82. The van der Waals surface area contributed by atoms with Crippen molar-refractivity contribution in [2.75, 3.05) is 12.4 Å². The van der Waals surface area contributed by atoms with E-state index >= 15 is 0 Å². The van der Waals surface area contributed by atoms with E-state index in [9.17, 15) is 5.11 Å². The van der Waals surface area contributed by atoms with Crippen LogP contribution < -0.4 is 15.5 Å². The number of nitrogens with one attached hydrogen (secondary N) is 2. The summed E-state index contributed by atoms with van der Waals surface area (Å²) in [4.78, 5) is 0. The Morgan fingerprint density at radius 3 is 2.82 bits per heavy atom. The maximum Gasteiger partial charge on any atom is 0.191 e. The van der Waals surface area contributed by atoms with E-state index in [1.54, 1.807) is 24.4 Å². The number of rotatable bonds is 4. The Balaban J connectivity index is 1.93. The number of thiocarbonyl (C=S) groups is 1. The van der Waals surface area contributed by atoms with Crippen LogP contribution in [0.4, 0.5) is 5.69 Å². The van der Waals surface area contributed by atoms with Gasteiger partial charge < -0.3 is 15.2 Å². The smallest absolute Gasteiger partial charge is 0.191 e. The summed E-state index contributed by atoms with van der Waals surface area (Å²) in [5.41, 5.74) is 5.56. The number of methoxy groups -OCH3 is 1. The summed E-state index contributed by atoms with van der Waals surface area (Å²) in [7, 11) is 1.50. The molecule has 22 heavy (non-hydrogen) atoms. The van der Waals surface area contributed by atoms with Crippen molar-refractivity contribution in [1.82, 2.24) is 5.43 Å². The molecular weight excluding hydrogens is 298 g/mol. The zero-order chi connectivity index (χ0) is 15.9. The Kier molecular flexibility index (Phi) is 5.32. The maximum atomic E-state index is 9.52. The molecule has 0 radical (unpaired) electrons. The Morgan fingerprint density at radius 1 is 1.27 bits per heavy atom. The third-order valence-corrected chi connectivity index (χ3v) is 3.05. The molecule has 0 saturated heterocycles. The minimum absolute atomic E-state index is 0.0873. The number of nitrogens with zero attached hydrogens (tertiary/aromatic N) is 1. The van der Waals surface area contributed by atoms with E-state index in [2.05, 4.69) is 15.8 Å². The van der Waals surface area contributed by atoms with Crippen molar-refractivity contribution in [3.05, 3.63) is 53.6 Å². The lowest BCUT2D eigenvalue weighted by Gasteiger charge is -2.07. The summed E-state index contributed by atoms with van der Waals surface area (Å²) < 4.78 is 5.03. The SMILES string of the molecule is COc1cc(/C=N\NC(=S)Nc2cccc(C)c2)ccc1O. The summed E-state index contributed by atoms with van der Waals surface area (Å²) in [6.07, 6.45) is 1.59. The van der Waals surface area contributed by atoms with E-state index in [-0.39, 0.29) is 5.75 Å². The van der Waals surface area contributed by atoms with Crippen LogP contribution >= 0.6 is 12.2 Å². The van der Waals surface area contributed by atoms with E-state index in [1.807, 2.05) is 31.2 Å². The lowest BCUT2D eigenvalue weighted by molar-refractivity contribution is 0.373. The largest absolute Gasteiger partial charge is 0.504 e. The minimum Gasteiger partial charge on any atom is -0.504 e. The van der Waals surface area contributed by atoms with Gasteiger partial charge in [0, 0.05) is 5.69 Å². The third kappa shape index (κ3) is 4.46. The van der Waals surface area contributed by atoms with Gasteiger partial charge in [-0.15, -0.1) is 0 Å². The lowest BCUT2D eigenvalue weighted by atomic mass is 10.2. The third-order valence-electron chi connectivity index (χ3n) is 2.86. The molecule has 2 aromatic rings. The van der Waals surface area contributed by atoms with Crippen LogP contribution in [0.15, 0.2) is 47.6 Å². The molecule has 114 valence electrons. The Morgan fingerprint density at radius 2 is 2.09 bits per heavy atom. The fourth-order valence-corrected chi connectivity index (χ4v) is 1.99. The molecule has 0 spiro atoms. The van der Waals surface area contributed by atoms with E-state index < -0.39 is 0 Å². The van der Waals surface area contributed by atoms with Gasteiger partial charge in [0.15, 0.2) is 16.6 Å². The monoisotopic (exact) mass is 315 g/mol. The van der Waals surface area contributed by atoms with Crippen LogP contribution in [0.5, 0.6) is 11.5 Å². The van der Waals surface area contributed by atoms with Gasteiger partial charge in [-0.2, -0.15) is 5.10 Å². The van der Waals surface area contributed by atoms with Crippen LogP contribution in [0.25, 0.3) is 0 Å². The molecule has 2 rings (SSSR count). The highest BCUT2D eigenvalue weighted by Crippen LogP contribution is 2.25. The van der Waals surface area contributed by atoms with Crippen molar-refractivity contribution in [1.29, 1.82) is 0 Å². The molecule has 0 unspecified atom stereocenters. The first-order chi connectivity index (χ1) is 10.6. The summed E-state index contributed by atoms with van der Waals surface area (Å²) in [6, 6.07) is 12.8. The van der Waals surface area contributed by atoms with Crippen LogP contribution in [0.2, 0.25) is 0 Å². The van der Waals surface area contributed by atoms with Crippen molar-refractivity contribution < 1.29 is 9.84 Å². The molecule has 0 saturated carbocycles. The molecule has 0 aliphatic rings. The summed E-state index contributed by atoms with van der Waals surface area (Å²) in [5, 5.41) is 17.0. The molecule has 0 aliphatic heterocycles. The molecule has 0 amide bonds. The van der Waals surface area contributed by atoms with Gasteiger partial charge in [-0.1, -0.05) is 12.1 Å². The summed E-state index contributed by atoms with van der Waals surface area (Å²) >= 11 is 5.16. The molecule has 6 heteroatoms. The van der Waals surface area contributed by atoms with E-state index in [0.717, 1.165) is 16.8 Å². The van der Waals surface area contributed by atoms with Crippen LogP contribution in [0, 0.1) is 6.92 Å². The number of hydrogen-bond acceptors (Lipinski definition) is 4. The second-order valence-electron chi connectivity index (χ2n) is 4.62. The van der Waals surface area contributed by atoms with Crippen LogP contribution in [-0.2, 0) is 0 Å². The van der Waals surface area contributed by atoms with E-state index in [4.69, 9.17) is 17.0 Å². The normalized spacial score (nSPS) is 10.5. The van der Waals surface area contributed by atoms with Crippen molar-refractivity contribution in [3.8, 4) is 11.5 Å². The first-order valence-corrected chi connectivity index (χ1v) is 7.03. The molecule has 3 N–H and O–H groups in total. The van der Waals surface area contributed by atoms with Crippen LogP contribution in [-0.4, -0.2) is 23.5 Å². The zero-order valence-corrected chi connectivity index (χ0v) is 13.1. The number of phenolic OH excluding ortho intramolecular Hbond substituents is 1. The number of ether oxygens (including phenoxy) is 1.